The number of hydrogen-bond acceptors (Lipinski definition) is 6. The van der Waals surface area contributed by atoms with Crippen molar-refractivity contribution in [3.63, 3.8) is 0 Å². The molecule has 0 amide bonds. The van der Waals surface area contributed by atoms with Gasteiger partial charge in [-0.25, -0.2) is 9.97 Å². The smallest absolute Gasteiger partial charge is 0.192 e. The standard InChI is InChI=1S/C12H15N5S/c1-7(8-2-4-9(13)5-3-8)18-12-16-10(14)6-11(15)17-12/h2-7H,13H2,1H3,(H4,14,15,16,17). The van der Waals surface area contributed by atoms with Crippen LogP contribution < -0.4 is 17.2 Å². The third-order valence-electron chi connectivity index (χ3n) is 2.43. The largest absolute Gasteiger partial charge is 0.399 e. The van der Waals surface area contributed by atoms with Crippen LogP contribution in [0, 0.1) is 0 Å². The molecule has 0 fully saturated rings. The van der Waals surface area contributed by atoms with E-state index in [1.165, 1.54) is 17.8 Å². The maximum Gasteiger partial charge on any atom is 0.192 e. The molecule has 2 rings (SSSR count). The van der Waals surface area contributed by atoms with Crippen molar-refractivity contribution >= 4 is 29.1 Å². The Morgan fingerprint density at radius 2 is 1.56 bits per heavy atom. The summed E-state index contributed by atoms with van der Waals surface area (Å²) in [6.45, 7) is 2.07. The topological polar surface area (TPSA) is 104 Å². The minimum absolute atomic E-state index is 0.201. The van der Waals surface area contributed by atoms with Gasteiger partial charge in [-0.2, -0.15) is 0 Å². The van der Waals surface area contributed by atoms with Gasteiger partial charge >= 0.3 is 0 Å². The highest BCUT2D eigenvalue weighted by atomic mass is 32.2. The summed E-state index contributed by atoms with van der Waals surface area (Å²) < 4.78 is 0. The molecule has 2 aromatic rings. The Morgan fingerprint density at radius 3 is 2.11 bits per heavy atom. The highest BCUT2D eigenvalue weighted by molar-refractivity contribution is 7.99. The van der Waals surface area contributed by atoms with Crippen LogP contribution in [0.1, 0.15) is 17.7 Å². The Bertz CT molecular complexity index is 520. The van der Waals surface area contributed by atoms with Gasteiger partial charge in [0.2, 0.25) is 0 Å². The van der Waals surface area contributed by atoms with Crippen LogP contribution in [-0.2, 0) is 0 Å². The minimum atomic E-state index is 0.201. The first-order valence-corrected chi connectivity index (χ1v) is 6.34. The van der Waals surface area contributed by atoms with E-state index < -0.39 is 0 Å². The Labute approximate surface area is 110 Å². The molecule has 0 bridgehead atoms. The number of nitrogen functional groups attached to an aromatic ring is 3. The van der Waals surface area contributed by atoms with E-state index in [4.69, 9.17) is 17.2 Å². The highest BCUT2D eigenvalue weighted by Gasteiger charge is 2.10. The van der Waals surface area contributed by atoms with Gasteiger partial charge in [-0.1, -0.05) is 23.9 Å². The van der Waals surface area contributed by atoms with Crippen molar-refractivity contribution in [2.75, 3.05) is 17.2 Å². The Balaban J connectivity index is 2.15. The highest BCUT2D eigenvalue weighted by Crippen LogP contribution is 2.33. The molecule has 0 aliphatic heterocycles. The van der Waals surface area contributed by atoms with E-state index in [9.17, 15) is 0 Å². The Hall–Kier alpha value is -1.95. The number of benzene rings is 1. The average Bonchev–Trinajstić information content (AvgIpc) is 2.28. The number of thioether (sulfide) groups is 1. The molecule has 94 valence electrons. The molecular formula is C12H15N5S. The van der Waals surface area contributed by atoms with E-state index in [1.807, 2.05) is 24.3 Å². The predicted molar refractivity (Wildman–Crippen MR) is 76.0 cm³/mol. The first-order chi connectivity index (χ1) is 8.54. The second-order valence-electron chi connectivity index (χ2n) is 3.93. The molecule has 0 saturated carbocycles. The molecule has 0 radical (unpaired) electrons. The van der Waals surface area contributed by atoms with Gasteiger partial charge in [0.05, 0.1) is 0 Å². The van der Waals surface area contributed by atoms with Crippen LogP contribution in [0.25, 0.3) is 0 Å². The van der Waals surface area contributed by atoms with Crippen LogP contribution in [0.4, 0.5) is 17.3 Å². The fourth-order valence-electron chi connectivity index (χ4n) is 1.51. The molecule has 0 saturated heterocycles. The van der Waals surface area contributed by atoms with Gasteiger partial charge in [0.25, 0.3) is 0 Å². The van der Waals surface area contributed by atoms with Crippen molar-refractivity contribution in [2.24, 2.45) is 0 Å². The predicted octanol–water partition coefficient (Wildman–Crippen LogP) is 2.08. The zero-order valence-electron chi connectivity index (χ0n) is 10.00. The molecule has 1 aromatic carbocycles. The lowest BCUT2D eigenvalue weighted by molar-refractivity contribution is 0.967. The molecule has 1 aromatic heterocycles. The van der Waals surface area contributed by atoms with Crippen molar-refractivity contribution < 1.29 is 0 Å². The first-order valence-electron chi connectivity index (χ1n) is 5.47. The molecule has 1 atom stereocenters. The van der Waals surface area contributed by atoms with Crippen LogP contribution >= 0.6 is 11.8 Å². The maximum atomic E-state index is 5.65. The van der Waals surface area contributed by atoms with Crippen molar-refractivity contribution in [3.05, 3.63) is 35.9 Å². The maximum absolute atomic E-state index is 5.65. The summed E-state index contributed by atoms with van der Waals surface area (Å²) in [5.41, 5.74) is 18.8. The number of hydrogen-bond donors (Lipinski definition) is 3. The van der Waals surface area contributed by atoms with Gasteiger partial charge in [-0.3, -0.25) is 0 Å². The summed E-state index contributed by atoms with van der Waals surface area (Å²) in [4.78, 5) is 8.28. The zero-order chi connectivity index (χ0) is 13.1. The molecule has 0 spiro atoms. The van der Waals surface area contributed by atoms with Gasteiger partial charge in [0.15, 0.2) is 5.16 Å². The van der Waals surface area contributed by atoms with E-state index in [0.717, 1.165) is 11.3 Å². The number of rotatable bonds is 3. The molecule has 6 N–H and O–H groups in total. The van der Waals surface area contributed by atoms with Crippen molar-refractivity contribution in [1.29, 1.82) is 0 Å². The van der Waals surface area contributed by atoms with Gasteiger partial charge < -0.3 is 17.2 Å². The Morgan fingerprint density at radius 1 is 1.00 bits per heavy atom. The van der Waals surface area contributed by atoms with E-state index in [2.05, 4.69) is 16.9 Å². The molecule has 6 heteroatoms. The van der Waals surface area contributed by atoms with Crippen molar-refractivity contribution in [3.8, 4) is 0 Å². The van der Waals surface area contributed by atoms with Crippen molar-refractivity contribution in [1.82, 2.24) is 9.97 Å². The van der Waals surface area contributed by atoms with Gasteiger partial charge in [-0.05, 0) is 24.6 Å². The second-order valence-corrected chi connectivity index (χ2v) is 5.23. The lowest BCUT2D eigenvalue weighted by atomic mass is 10.1. The van der Waals surface area contributed by atoms with Crippen molar-refractivity contribution in [2.45, 2.75) is 17.3 Å². The number of nitrogens with two attached hydrogens (primary N) is 3. The normalized spacial score (nSPS) is 12.3. The molecule has 0 aliphatic carbocycles. The van der Waals surface area contributed by atoms with E-state index >= 15 is 0 Å². The molecule has 18 heavy (non-hydrogen) atoms. The number of aromatic nitrogens is 2. The summed E-state index contributed by atoms with van der Waals surface area (Å²) in [6.07, 6.45) is 0. The fraction of sp³-hybridized carbons (Fsp3) is 0.167. The zero-order valence-corrected chi connectivity index (χ0v) is 10.8. The van der Waals surface area contributed by atoms with E-state index in [-0.39, 0.29) is 5.25 Å². The van der Waals surface area contributed by atoms with Gasteiger partial charge in [-0.15, -0.1) is 0 Å². The summed E-state index contributed by atoms with van der Waals surface area (Å²) in [6, 6.07) is 9.27. The number of nitrogens with zero attached hydrogens (tertiary/aromatic N) is 2. The number of anilines is 3. The molecule has 1 heterocycles. The first kappa shape index (κ1) is 12.5. The quantitative estimate of drug-likeness (QED) is 0.444. The molecule has 5 nitrogen and oxygen atoms in total. The SMILES string of the molecule is CC(Sc1nc(N)cc(N)n1)c1ccc(N)cc1. The summed E-state index contributed by atoms with van der Waals surface area (Å²) in [5.74, 6) is 0.768. The van der Waals surface area contributed by atoms with Gasteiger partial charge in [0.1, 0.15) is 11.6 Å². The average molecular weight is 261 g/mol. The van der Waals surface area contributed by atoms with Gasteiger partial charge in [0, 0.05) is 17.0 Å². The van der Waals surface area contributed by atoms with Crippen LogP contribution in [0.3, 0.4) is 0 Å². The lowest BCUT2D eigenvalue weighted by Crippen LogP contribution is -2.00. The second kappa shape index (κ2) is 5.14. The summed E-state index contributed by atoms with van der Waals surface area (Å²) >= 11 is 1.51. The molecular weight excluding hydrogens is 246 g/mol. The van der Waals surface area contributed by atoms with Crippen LogP contribution in [0.5, 0.6) is 0 Å². The monoisotopic (exact) mass is 261 g/mol. The molecule has 1 unspecified atom stereocenters. The fourth-order valence-corrected chi connectivity index (χ4v) is 2.43. The van der Waals surface area contributed by atoms with Crippen LogP contribution in [0.15, 0.2) is 35.5 Å². The van der Waals surface area contributed by atoms with Crippen LogP contribution in [-0.4, -0.2) is 9.97 Å². The summed E-state index contributed by atoms with van der Waals surface area (Å²) in [7, 11) is 0. The summed E-state index contributed by atoms with van der Waals surface area (Å²) in [5, 5.41) is 0.781. The lowest BCUT2D eigenvalue weighted by Gasteiger charge is -2.11. The third kappa shape index (κ3) is 3.04. The Kier molecular flexibility index (Phi) is 3.57. The van der Waals surface area contributed by atoms with E-state index in [1.54, 1.807) is 0 Å². The third-order valence-corrected chi connectivity index (χ3v) is 3.45. The molecule has 0 aliphatic rings. The van der Waals surface area contributed by atoms with Crippen LogP contribution in [0.2, 0.25) is 0 Å². The van der Waals surface area contributed by atoms with E-state index in [0.29, 0.717) is 16.8 Å². The minimum Gasteiger partial charge on any atom is -0.399 e.